The minimum atomic E-state index is 0.628. The van der Waals surface area contributed by atoms with Crippen molar-refractivity contribution in [1.29, 1.82) is 0 Å². The molecular formula is C10H10N2O. The Kier molecular flexibility index (Phi) is 2.08. The second-order valence-corrected chi connectivity index (χ2v) is 2.77. The van der Waals surface area contributed by atoms with Gasteiger partial charge in [0.1, 0.15) is 6.26 Å². The average molecular weight is 174 g/mol. The van der Waals surface area contributed by atoms with Gasteiger partial charge < -0.3 is 4.42 Å². The van der Waals surface area contributed by atoms with E-state index in [1.807, 2.05) is 12.3 Å². The maximum atomic E-state index is 5.17. The monoisotopic (exact) mass is 174 g/mol. The summed E-state index contributed by atoms with van der Waals surface area (Å²) in [7, 11) is 0. The lowest BCUT2D eigenvalue weighted by Crippen LogP contribution is -1.85. The van der Waals surface area contributed by atoms with Crippen LogP contribution in [-0.2, 0) is 6.42 Å². The number of hydrogen-bond donors (Lipinski definition) is 0. The van der Waals surface area contributed by atoms with Gasteiger partial charge in [0.15, 0.2) is 0 Å². The van der Waals surface area contributed by atoms with Crippen molar-refractivity contribution in [1.82, 2.24) is 9.97 Å². The summed E-state index contributed by atoms with van der Waals surface area (Å²) in [6, 6.07) is 2.04. The molecular weight excluding hydrogens is 164 g/mol. The zero-order valence-electron chi connectivity index (χ0n) is 7.40. The Morgan fingerprint density at radius 1 is 1.38 bits per heavy atom. The third-order valence-corrected chi connectivity index (χ3v) is 1.88. The number of hydrogen-bond acceptors (Lipinski definition) is 3. The lowest BCUT2D eigenvalue weighted by Gasteiger charge is -1.97. The molecule has 0 spiro atoms. The first-order valence-electron chi connectivity index (χ1n) is 4.24. The first kappa shape index (κ1) is 7.98. The molecule has 0 aromatic carbocycles. The molecule has 13 heavy (non-hydrogen) atoms. The fourth-order valence-corrected chi connectivity index (χ4v) is 1.16. The Bertz CT molecular complexity index is 382. The van der Waals surface area contributed by atoms with Crippen molar-refractivity contribution < 1.29 is 4.42 Å². The molecule has 2 aromatic heterocycles. The van der Waals surface area contributed by atoms with Crippen molar-refractivity contribution >= 4 is 0 Å². The van der Waals surface area contributed by atoms with E-state index in [1.54, 1.807) is 18.7 Å². The zero-order chi connectivity index (χ0) is 9.10. The largest absolute Gasteiger partial charge is 0.444 e. The Morgan fingerprint density at radius 3 is 3.00 bits per heavy atom. The molecule has 2 aromatic rings. The molecule has 0 aliphatic rings. The van der Waals surface area contributed by atoms with Gasteiger partial charge in [-0.25, -0.2) is 4.98 Å². The van der Waals surface area contributed by atoms with Crippen LogP contribution in [0.25, 0.3) is 11.5 Å². The molecule has 0 bridgehead atoms. The van der Waals surface area contributed by atoms with Crippen molar-refractivity contribution in [3.8, 4) is 11.5 Å². The van der Waals surface area contributed by atoms with E-state index in [9.17, 15) is 0 Å². The van der Waals surface area contributed by atoms with Gasteiger partial charge in [-0.05, 0) is 18.1 Å². The molecule has 0 amide bonds. The van der Waals surface area contributed by atoms with Crippen LogP contribution in [-0.4, -0.2) is 9.97 Å². The highest BCUT2D eigenvalue weighted by Gasteiger charge is 2.02. The summed E-state index contributed by atoms with van der Waals surface area (Å²) in [5.74, 6) is 0.628. The molecule has 0 aliphatic carbocycles. The Morgan fingerprint density at radius 2 is 2.31 bits per heavy atom. The smallest absolute Gasteiger partial charge is 0.227 e. The molecule has 0 fully saturated rings. The summed E-state index contributed by atoms with van der Waals surface area (Å²) in [4.78, 5) is 8.17. The van der Waals surface area contributed by atoms with Gasteiger partial charge in [-0.1, -0.05) is 6.92 Å². The predicted molar refractivity (Wildman–Crippen MR) is 49.1 cm³/mol. The van der Waals surface area contributed by atoms with E-state index in [-0.39, 0.29) is 0 Å². The molecule has 0 radical (unpaired) electrons. The molecule has 66 valence electrons. The van der Waals surface area contributed by atoms with Crippen LogP contribution in [0.2, 0.25) is 0 Å². The number of nitrogens with zero attached hydrogens (tertiary/aromatic N) is 2. The maximum absolute atomic E-state index is 5.17. The minimum Gasteiger partial charge on any atom is -0.444 e. The summed E-state index contributed by atoms with van der Waals surface area (Å²) < 4.78 is 5.17. The first-order valence-corrected chi connectivity index (χ1v) is 4.24. The molecule has 2 rings (SSSR count). The zero-order valence-corrected chi connectivity index (χ0v) is 7.40. The van der Waals surface area contributed by atoms with Gasteiger partial charge in [0.05, 0.1) is 11.8 Å². The van der Waals surface area contributed by atoms with Crippen LogP contribution in [0.1, 0.15) is 12.5 Å². The Balaban J connectivity index is 2.41. The Hall–Kier alpha value is -1.64. The van der Waals surface area contributed by atoms with Crippen LogP contribution in [0.5, 0.6) is 0 Å². The molecule has 0 N–H and O–H groups in total. The second kappa shape index (κ2) is 3.39. The number of pyridine rings is 1. The van der Waals surface area contributed by atoms with Crippen LogP contribution in [0.15, 0.2) is 35.3 Å². The van der Waals surface area contributed by atoms with E-state index in [0.717, 1.165) is 12.0 Å². The normalized spacial score (nSPS) is 10.2. The highest BCUT2D eigenvalue weighted by atomic mass is 16.3. The van der Waals surface area contributed by atoms with Crippen molar-refractivity contribution in [3.63, 3.8) is 0 Å². The molecule has 0 unspecified atom stereocenters. The van der Waals surface area contributed by atoms with Gasteiger partial charge >= 0.3 is 0 Å². The third kappa shape index (κ3) is 1.59. The van der Waals surface area contributed by atoms with Gasteiger partial charge in [-0.2, -0.15) is 0 Å². The Labute approximate surface area is 76.5 Å². The molecule has 3 heteroatoms. The molecule has 3 nitrogen and oxygen atoms in total. The van der Waals surface area contributed by atoms with E-state index in [0.29, 0.717) is 5.89 Å². The fraction of sp³-hybridized carbons (Fsp3) is 0.200. The number of aryl methyl sites for hydroxylation is 1. The van der Waals surface area contributed by atoms with Gasteiger partial charge in [-0.3, -0.25) is 4.98 Å². The van der Waals surface area contributed by atoms with Crippen molar-refractivity contribution in [2.24, 2.45) is 0 Å². The lowest BCUT2D eigenvalue weighted by molar-refractivity contribution is 0.574. The van der Waals surface area contributed by atoms with E-state index in [2.05, 4.69) is 16.9 Å². The number of oxazole rings is 1. The van der Waals surface area contributed by atoms with E-state index in [1.165, 1.54) is 5.56 Å². The lowest BCUT2D eigenvalue weighted by atomic mass is 10.2. The topological polar surface area (TPSA) is 38.9 Å². The fourth-order valence-electron chi connectivity index (χ4n) is 1.16. The van der Waals surface area contributed by atoms with E-state index >= 15 is 0 Å². The maximum Gasteiger partial charge on any atom is 0.227 e. The van der Waals surface area contributed by atoms with Gasteiger partial charge in [-0.15, -0.1) is 0 Å². The molecule has 0 saturated heterocycles. The van der Waals surface area contributed by atoms with E-state index < -0.39 is 0 Å². The molecule has 0 saturated carbocycles. The van der Waals surface area contributed by atoms with Crippen LogP contribution in [0.4, 0.5) is 0 Å². The summed E-state index contributed by atoms with van der Waals surface area (Å²) in [5.41, 5.74) is 2.13. The molecule has 0 aliphatic heterocycles. The van der Waals surface area contributed by atoms with Gasteiger partial charge in [0.2, 0.25) is 5.89 Å². The summed E-state index contributed by atoms with van der Waals surface area (Å²) in [5, 5.41) is 0. The third-order valence-electron chi connectivity index (χ3n) is 1.88. The highest BCUT2D eigenvalue weighted by molar-refractivity contribution is 5.51. The van der Waals surface area contributed by atoms with Crippen LogP contribution in [0.3, 0.4) is 0 Å². The first-order chi connectivity index (χ1) is 6.40. The van der Waals surface area contributed by atoms with E-state index in [4.69, 9.17) is 4.42 Å². The minimum absolute atomic E-state index is 0.628. The summed E-state index contributed by atoms with van der Waals surface area (Å²) >= 11 is 0. The van der Waals surface area contributed by atoms with Crippen LogP contribution in [0, 0.1) is 0 Å². The van der Waals surface area contributed by atoms with Crippen LogP contribution < -0.4 is 0 Å². The predicted octanol–water partition coefficient (Wildman–Crippen LogP) is 2.30. The van der Waals surface area contributed by atoms with Gasteiger partial charge in [0.25, 0.3) is 0 Å². The summed E-state index contributed by atoms with van der Waals surface area (Å²) in [6.45, 7) is 2.09. The van der Waals surface area contributed by atoms with Crippen LogP contribution >= 0.6 is 0 Å². The number of aromatic nitrogens is 2. The summed E-state index contributed by atoms with van der Waals surface area (Å²) in [6.07, 6.45) is 7.78. The van der Waals surface area contributed by atoms with Crippen molar-refractivity contribution in [2.75, 3.05) is 0 Å². The highest BCUT2D eigenvalue weighted by Crippen LogP contribution is 2.16. The number of rotatable bonds is 2. The average Bonchev–Trinajstić information content (AvgIpc) is 2.71. The van der Waals surface area contributed by atoms with Crippen molar-refractivity contribution in [2.45, 2.75) is 13.3 Å². The molecule has 0 atom stereocenters. The van der Waals surface area contributed by atoms with Gasteiger partial charge in [0, 0.05) is 12.4 Å². The second-order valence-electron chi connectivity index (χ2n) is 2.77. The SMILES string of the molecule is CCc1cncc(-c2ncco2)c1. The van der Waals surface area contributed by atoms with Crippen molar-refractivity contribution in [3.05, 3.63) is 36.5 Å². The molecule has 2 heterocycles. The standard InChI is InChI=1S/C10H10N2O/c1-2-8-5-9(7-11-6-8)10-12-3-4-13-10/h3-7H,2H2,1H3. The quantitative estimate of drug-likeness (QED) is 0.701.